The van der Waals surface area contributed by atoms with Crippen LogP contribution >= 0.6 is 0 Å². The van der Waals surface area contributed by atoms with Crippen molar-refractivity contribution in [1.82, 2.24) is 5.32 Å². The van der Waals surface area contributed by atoms with Crippen LogP contribution in [0.2, 0.25) is 0 Å². The minimum Gasteiger partial charge on any atom is -0.496 e. The normalized spacial score (nSPS) is 16.4. The van der Waals surface area contributed by atoms with E-state index in [1.807, 2.05) is 18.2 Å². The first-order chi connectivity index (χ1) is 9.70. The molecule has 1 atom stereocenters. The van der Waals surface area contributed by atoms with Crippen molar-refractivity contribution >= 4 is 0 Å². The van der Waals surface area contributed by atoms with Crippen LogP contribution < -0.4 is 10.1 Å². The van der Waals surface area contributed by atoms with Gasteiger partial charge in [-0.1, -0.05) is 44.9 Å². The smallest absolute Gasteiger partial charge is 0.124 e. The standard InChI is InChI=1S/C17H27NO2/c1-13(2)18-12-17(20-11-10-14-8-9-14)15-6-4-5-7-16(15)19-3/h4-7,13-14,17-18H,8-12H2,1-3H3. The van der Waals surface area contributed by atoms with Crippen molar-refractivity contribution in [1.29, 1.82) is 0 Å². The quantitative estimate of drug-likeness (QED) is 0.749. The second-order valence-corrected chi connectivity index (χ2v) is 5.90. The third kappa shape index (κ3) is 4.80. The fourth-order valence-corrected chi connectivity index (χ4v) is 2.32. The van der Waals surface area contributed by atoms with E-state index in [0.717, 1.165) is 30.4 Å². The van der Waals surface area contributed by atoms with Gasteiger partial charge in [0.25, 0.3) is 0 Å². The van der Waals surface area contributed by atoms with Crippen LogP contribution in [-0.4, -0.2) is 26.3 Å². The van der Waals surface area contributed by atoms with Gasteiger partial charge in [0.1, 0.15) is 5.75 Å². The van der Waals surface area contributed by atoms with Crippen molar-refractivity contribution in [3.05, 3.63) is 29.8 Å². The van der Waals surface area contributed by atoms with Gasteiger partial charge in [0.05, 0.1) is 13.2 Å². The van der Waals surface area contributed by atoms with E-state index in [-0.39, 0.29) is 6.10 Å². The van der Waals surface area contributed by atoms with Crippen LogP contribution in [0.5, 0.6) is 5.75 Å². The third-order valence-electron chi connectivity index (χ3n) is 3.74. The fourth-order valence-electron chi connectivity index (χ4n) is 2.32. The van der Waals surface area contributed by atoms with Crippen molar-refractivity contribution < 1.29 is 9.47 Å². The molecule has 2 rings (SSSR count). The van der Waals surface area contributed by atoms with Gasteiger partial charge in [0.2, 0.25) is 0 Å². The van der Waals surface area contributed by atoms with Gasteiger partial charge in [-0.2, -0.15) is 0 Å². The van der Waals surface area contributed by atoms with E-state index >= 15 is 0 Å². The van der Waals surface area contributed by atoms with E-state index < -0.39 is 0 Å². The van der Waals surface area contributed by atoms with Gasteiger partial charge in [-0.15, -0.1) is 0 Å². The molecule has 1 aliphatic rings. The Morgan fingerprint density at radius 1 is 1.25 bits per heavy atom. The number of nitrogens with one attached hydrogen (secondary N) is 1. The number of rotatable bonds is 9. The summed E-state index contributed by atoms with van der Waals surface area (Å²) in [5.41, 5.74) is 1.14. The molecule has 0 heterocycles. The second-order valence-electron chi connectivity index (χ2n) is 5.90. The average Bonchev–Trinajstić information content (AvgIpc) is 3.26. The van der Waals surface area contributed by atoms with Gasteiger partial charge < -0.3 is 14.8 Å². The Morgan fingerprint density at radius 3 is 2.65 bits per heavy atom. The van der Waals surface area contributed by atoms with Gasteiger partial charge >= 0.3 is 0 Å². The zero-order chi connectivity index (χ0) is 14.4. The molecule has 20 heavy (non-hydrogen) atoms. The largest absolute Gasteiger partial charge is 0.496 e. The van der Waals surface area contributed by atoms with Crippen LogP contribution in [-0.2, 0) is 4.74 Å². The van der Waals surface area contributed by atoms with E-state index in [2.05, 4.69) is 25.2 Å². The lowest BCUT2D eigenvalue weighted by molar-refractivity contribution is 0.0458. The van der Waals surface area contributed by atoms with Crippen LogP contribution in [0.15, 0.2) is 24.3 Å². The minimum atomic E-state index is 0.0623. The lowest BCUT2D eigenvalue weighted by Gasteiger charge is -2.22. The van der Waals surface area contributed by atoms with Gasteiger partial charge in [-0.25, -0.2) is 0 Å². The fraction of sp³-hybridized carbons (Fsp3) is 0.647. The van der Waals surface area contributed by atoms with E-state index in [9.17, 15) is 0 Å². The molecular formula is C17H27NO2. The predicted molar refractivity (Wildman–Crippen MR) is 82.2 cm³/mol. The SMILES string of the molecule is COc1ccccc1C(CNC(C)C)OCCC1CC1. The molecular weight excluding hydrogens is 250 g/mol. The zero-order valence-corrected chi connectivity index (χ0v) is 12.9. The molecule has 1 saturated carbocycles. The molecule has 1 fully saturated rings. The molecule has 1 aliphatic carbocycles. The Labute approximate surface area is 122 Å². The first-order valence-corrected chi connectivity index (χ1v) is 7.68. The van der Waals surface area contributed by atoms with Crippen LogP contribution in [0.1, 0.15) is 44.8 Å². The number of benzene rings is 1. The summed E-state index contributed by atoms with van der Waals surface area (Å²) >= 11 is 0. The number of ether oxygens (including phenoxy) is 2. The summed E-state index contributed by atoms with van der Waals surface area (Å²) < 4.78 is 11.6. The molecule has 0 aromatic heterocycles. The number of hydrogen-bond acceptors (Lipinski definition) is 3. The number of methoxy groups -OCH3 is 1. The molecule has 1 unspecified atom stereocenters. The molecule has 0 radical (unpaired) electrons. The molecule has 0 amide bonds. The van der Waals surface area contributed by atoms with Gasteiger partial charge in [0.15, 0.2) is 0 Å². The Bertz CT molecular complexity index is 402. The van der Waals surface area contributed by atoms with E-state index in [0.29, 0.717) is 6.04 Å². The van der Waals surface area contributed by atoms with E-state index in [4.69, 9.17) is 9.47 Å². The highest BCUT2D eigenvalue weighted by Gasteiger charge is 2.22. The third-order valence-corrected chi connectivity index (χ3v) is 3.74. The monoisotopic (exact) mass is 277 g/mol. The molecule has 0 bridgehead atoms. The summed E-state index contributed by atoms with van der Waals surface area (Å²) in [6.45, 7) is 5.98. The van der Waals surface area contributed by atoms with Gasteiger partial charge in [-0.05, 0) is 18.4 Å². The second kappa shape index (κ2) is 7.65. The summed E-state index contributed by atoms with van der Waals surface area (Å²) in [7, 11) is 1.72. The Morgan fingerprint density at radius 2 is 2.00 bits per heavy atom. The summed E-state index contributed by atoms with van der Waals surface area (Å²) in [4.78, 5) is 0. The van der Waals surface area contributed by atoms with Crippen LogP contribution in [0.25, 0.3) is 0 Å². The molecule has 1 N–H and O–H groups in total. The van der Waals surface area contributed by atoms with Crippen molar-refractivity contribution in [3.63, 3.8) is 0 Å². The highest BCUT2D eigenvalue weighted by Crippen LogP contribution is 2.33. The molecule has 1 aromatic rings. The van der Waals surface area contributed by atoms with Crippen LogP contribution in [0, 0.1) is 5.92 Å². The lowest BCUT2D eigenvalue weighted by atomic mass is 10.1. The summed E-state index contributed by atoms with van der Waals surface area (Å²) in [6, 6.07) is 8.60. The first-order valence-electron chi connectivity index (χ1n) is 7.68. The van der Waals surface area contributed by atoms with Crippen LogP contribution in [0.3, 0.4) is 0 Å². The zero-order valence-electron chi connectivity index (χ0n) is 12.9. The molecule has 112 valence electrons. The van der Waals surface area contributed by atoms with Gasteiger partial charge in [0, 0.05) is 24.8 Å². The van der Waals surface area contributed by atoms with Crippen molar-refractivity contribution in [2.45, 2.75) is 45.3 Å². The Hall–Kier alpha value is -1.06. The Balaban J connectivity index is 1.98. The average molecular weight is 277 g/mol. The Kier molecular flexibility index (Phi) is 5.86. The summed E-state index contributed by atoms with van der Waals surface area (Å²) in [6.07, 6.45) is 4.01. The topological polar surface area (TPSA) is 30.5 Å². The van der Waals surface area contributed by atoms with E-state index in [1.165, 1.54) is 19.3 Å². The highest BCUT2D eigenvalue weighted by molar-refractivity contribution is 5.35. The first kappa shape index (κ1) is 15.3. The van der Waals surface area contributed by atoms with Crippen LogP contribution in [0.4, 0.5) is 0 Å². The number of hydrogen-bond donors (Lipinski definition) is 1. The molecule has 0 aliphatic heterocycles. The highest BCUT2D eigenvalue weighted by atomic mass is 16.5. The van der Waals surface area contributed by atoms with E-state index in [1.54, 1.807) is 7.11 Å². The van der Waals surface area contributed by atoms with Crippen molar-refractivity contribution in [3.8, 4) is 5.75 Å². The molecule has 0 spiro atoms. The minimum absolute atomic E-state index is 0.0623. The maximum absolute atomic E-state index is 6.13. The predicted octanol–water partition coefficient (Wildman–Crippen LogP) is 3.55. The summed E-state index contributed by atoms with van der Waals surface area (Å²) in [5.74, 6) is 1.82. The summed E-state index contributed by atoms with van der Waals surface area (Å²) in [5, 5.41) is 3.47. The maximum atomic E-state index is 6.13. The number of para-hydroxylation sites is 1. The van der Waals surface area contributed by atoms with Crippen molar-refractivity contribution in [2.75, 3.05) is 20.3 Å². The maximum Gasteiger partial charge on any atom is 0.124 e. The molecule has 3 nitrogen and oxygen atoms in total. The molecule has 1 aromatic carbocycles. The lowest BCUT2D eigenvalue weighted by Crippen LogP contribution is -2.29. The van der Waals surface area contributed by atoms with Gasteiger partial charge in [-0.3, -0.25) is 0 Å². The van der Waals surface area contributed by atoms with Crippen molar-refractivity contribution in [2.24, 2.45) is 5.92 Å². The molecule has 0 saturated heterocycles. The molecule has 3 heteroatoms.